The standard InChI is InChI=1S/C28H28N4O3/c1-28(2,3)21-15-13-20(14-16-21)26(34)29-17-24(33)30-31-25-22-11-7-8-12-23(22)32(27(25)35)18-19-9-5-4-6-10-19/h4-16,35H,17-18H2,1-3H3,(H,29,34). The zero-order chi connectivity index (χ0) is 25.0. The monoisotopic (exact) mass is 468 g/mol. The first kappa shape index (κ1) is 23.9. The van der Waals surface area contributed by atoms with E-state index in [1.165, 1.54) is 0 Å². The molecule has 0 radical (unpaired) electrons. The zero-order valence-electron chi connectivity index (χ0n) is 20.0. The van der Waals surface area contributed by atoms with Gasteiger partial charge in [-0.05, 0) is 34.7 Å². The Labute approximate surface area is 204 Å². The van der Waals surface area contributed by atoms with Crippen molar-refractivity contribution in [3.05, 3.63) is 95.6 Å². The van der Waals surface area contributed by atoms with Gasteiger partial charge in [0.2, 0.25) is 5.88 Å². The van der Waals surface area contributed by atoms with E-state index < -0.39 is 5.91 Å². The normalized spacial score (nSPS) is 11.7. The summed E-state index contributed by atoms with van der Waals surface area (Å²) in [6.07, 6.45) is 0. The molecule has 2 N–H and O–H groups in total. The van der Waals surface area contributed by atoms with Crippen LogP contribution in [-0.4, -0.2) is 28.0 Å². The number of carbonyl (C=O) groups is 2. The average Bonchev–Trinajstić information content (AvgIpc) is 3.12. The molecular weight excluding hydrogens is 440 g/mol. The first-order valence-corrected chi connectivity index (χ1v) is 11.4. The Bertz CT molecular complexity index is 1380. The Hall–Kier alpha value is -4.26. The summed E-state index contributed by atoms with van der Waals surface area (Å²) >= 11 is 0. The predicted molar refractivity (Wildman–Crippen MR) is 136 cm³/mol. The number of aromatic hydroxyl groups is 1. The summed E-state index contributed by atoms with van der Waals surface area (Å²) in [7, 11) is 0. The van der Waals surface area contributed by atoms with Crippen molar-refractivity contribution >= 4 is 28.4 Å². The van der Waals surface area contributed by atoms with E-state index in [1.807, 2.05) is 66.7 Å². The summed E-state index contributed by atoms with van der Waals surface area (Å²) in [5.74, 6) is -1.06. The van der Waals surface area contributed by atoms with E-state index in [0.29, 0.717) is 17.5 Å². The highest BCUT2D eigenvalue weighted by Gasteiger charge is 2.18. The fourth-order valence-corrected chi connectivity index (χ4v) is 3.82. The van der Waals surface area contributed by atoms with Crippen LogP contribution in [-0.2, 0) is 16.8 Å². The number of benzene rings is 3. The maximum Gasteiger partial charge on any atom is 0.283 e. The second-order valence-electron chi connectivity index (χ2n) is 9.36. The van der Waals surface area contributed by atoms with Crippen LogP contribution in [0.1, 0.15) is 42.3 Å². The van der Waals surface area contributed by atoms with E-state index in [2.05, 4.69) is 36.3 Å². The number of hydrogen-bond acceptors (Lipinski definition) is 4. The highest BCUT2D eigenvalue weighted by atomic mass is 16.3. The first-order valence-electron chi connectivity index (χ1n) is 11.4. The lowest BCUT2D eigenvalue weighted by molar-refractivity contribution is -0.117. The topological polar surface area (TPSA) is 96.1 Å². The SMILES string of the molecule is CC(C)(C)c1ccc(C(=O)NCC(=O)N=Nc2c(O)n(Cc3ccccc3)c3ccccc23)cc1. The van der Waals surface area contributed by atoms with Gasteiger partial charge in [0, 0.05) is 10.9 Å². The minimum absolute atomic E-state index is 0.0128. The summed E-state index contributed by atoms with van der Waals surface area (Å²) in [6.45, 7) is 6.45. The van der Waals surface area contributed by atoms with Crippen LogP contribution in [0, 0.1) is 0 Å². The van der Waals surface area contributed by atoms with Crippen molar-refractivity contribution in [3.63, 3.8) is 0 Å². The van der Waals surface area contributed by atoms with Crippen LogP contribution in [0.5, 0.6) is 5.88 Å². The number of azo groups is 1. The number of para-hydroxylation sites is 1. The van der Waals surface area contributed by atoms with Crippen LogP contribution < -0.4 is 5.32 Å². The van der Waals surface area contributed by atoms with E-state index in [0.717, 1.165) is 16.6 Å². The molecule has 0 unspecified atom stereocenters. The molecule has 7 nitrogen and oxygen atoms in total. The van der Waals surface area contributed by atoms with Gasteiger partial charge in [-0.25, -0.2) is 0 Å². The van der Waals surface area contributed by atoms with Crippen LogP contribution in [0.4, 0.5) is 5.69 Å². The van der Waals surface area contributed by atoms with Gasteiger partial charge in [-0.15, -0.1) is 10.2 Å². The van der Waals surface area contributed by atoms with Gasteiger partial charge >= 0.3 is 0 Å². The van der Waals surface area contributed by atoms with Crippen LogP contribution in [0.2, 0.25) is 0 Å². The molecule has 1 aromatic heterocycles. The molecule has 0 fully saturated rings. The Kier molecular flexibility index (Phi) is 6.78. The average molecular weight is 469 g/mol. The quantitative estimate of drug-likeness (QED) is 0.354. The lowest BCUT2D eigenvalue weighted by atomic mass is 9.87. The number of carbonyl (C=O) groups excluding carboxylic acids is 2. The minimum atomic E-state index is -0.621. The Morgan fingerprint density at radius 3 is 2.26 bits per heavy atom. The van der Waals surface area contributed by atoms with E-state index in [4.69, 9.17) is 0 Å². The van der Waals surface area contributed by atoms with Crippen molar-refractivity contribution in [2.45, 2.75) is 32.7 Å². The van der Waals surface area contributed by atoms with Gasteiger partial charge < -0.3 is 15.0 Å². The van der Waals surface area contributed by atoms with Crippen molar-refractivity contribution in [1.82, 2.24) is 9.88 Å². The van der Waals surface area contributed by atoms with Crippen LogP contribution >= 0.6 is 0 Å². The number of aromatic nitrogens is 1. The molecule has 0 saturated carbocycles. The number of fused-ring (bicyclic) bond motifs is 1. The van der Waals surface area contributed by atoms with Gasteiger partial charge in [0.1, 0.15) is 6.54 Å². The molecule has 2 amide bonds. The minimum Gasteiger partial charge on any atom is -0.493 e. The maximum atomic E-state index is 12.4. The molecule has 0 aliphatic carbocycles. The van der Waals surface area contributed by atoms with Crippen molar-refractivity contribution in [2.75, 3.05) is 6.54 Å². The van der Waals surface area contributed by atoms with Crippen LogP contribution in [0.3, 0.4) is 0 Å². The Balaban J connectivity index is 1.46. The molecule has 1 heterocycles. The summed E-state index contributed by atoms with van der Waals surface area (Å²) in [4.78, 5) is 24.7. The summed E-state index contributed by atoms with van der Waals surface area (Å²) < 4.78 is 1.73. The lowest BCUT2D eigenvalue weighted by Gasteiger charge is -2.18. The third-order valence-corrected chi connectivity index (χ3v) is 5.78. The van der Waals surface area contributed by atoms with Crippen molar-refractivity contribution in [3.8, 4) is 5.88 Å². The molecule has 0 aliphatic heterocycles. The van der Waals surface area contributed by atoms with E-state index in [1.54, 1.807) is 16.7 Å². The van der Waals surface area contributed by atoms with Crippen molar-refractivity contribution < 1.29 is 14.7 Å². The molecule has 0 atom stereocenters. The Morgan fingerprint density at radius 1 is 0.914 bits per heavy atom. The number of amides is 2. The van der Waals surface area contributed by atoms with Gasteiger partial charge in [-0.2, -0.15) is 0 Å². The smallest absolute Gasteiger partial charge is 0.283 e. The molecule has 0 spiro atoms. The van der Waals surface area contributed by atoms with Crippen molar-refractivity contribution in [2.24, 2.45) is 10.2 Å². The molecule has 178 valence electrons. The molecule has 7 heteroatoms. The zero-order valence-corrected chi connectivity index (χ0v) is 20.0. The highest BCUT2D eigenvalue weighted by Crippen LogP contribution is 2.39. The van der Waals surface area contributed by atoms with Crippen molar-refractivity contribution in [1.29, 1.82) is 0 Å². The summed E-state index contributed by atoms with van der Waals surface area (Å²) in [6, 6.07) is 24.4. The third kappa shape index (κ3) is 5.46. The molecule has 0 saturated heterocycles. The van der Waals surface area contributed by atoms with Gasteiger partial charge in [-0.1, -0.05) is 81.4 Å². The molecule has 4 rings (SSSR count). The number of hydrogen-bond donors (Lipinski definition) is 2. The molecule has 3 aromatic carbocycles. The highest BCUT2D eigenvalue weighted by molar-refractivity contribution is 5.97. The fraction of sp³-hybridized carbons (Fsp3) is 0.214. The molecule has 0 aliphatic rings. The first-order chi connectivity index (χ1) is 16.7. The largest absolute Gasteiger partial charge is 0.493 e. The predicted octanol–water partition coefficient (Wildman–Crippen LogP) is 5.73. The second kappa shape index (κ2) is 9.93. The fourth-order valence-electron chi connectivity index (χ4n) is 3.82. The van der Waals surface area contributed by atoms with Crippen LogP contribution in [0.25, 0.3) is 10.9 Å². The molecular formula is C28H28N4O3. The number of nitrogens with one attached hydrogen (secondary N) is 1. The number of rotatable bonds is 6. The number of nitrogens with zero attached hydrogens (tertiary/aromatic N) is 3. The third-order valence-electron chi connectivity index (χ3n) is 5.78. The van der Waals surface area contributed by atoms with Gasteiger partial charge in [-0.3, -0.25) is 9.59 Å². The summed E-state index contributed by atoms with van der Waals surface area (Å²) in [5, 5.41) is 21.9. The summed E-state index contributed by atoms with van der Waals surface area (Å²) in [5.41, 5.74) is 3.58. The van der Waals surface area contributed by atoms with Gasteiger partial charge in [0.25, 0.3) is 11.8 Å². The molecule has 35 heavy (non-hydrogen) atoms. The van der Waals surface area contributed by atoms with E-state index in [9.17, 15) is 14.7 Å². The Morgan fingerprint density at radius 2 is 1.57 bits per heavy atom. The lowest BCUT2D eigenvalue weighted by Crippen LogP contribution is -2.28. The van der Waals surface area contributed by atoms with Gasteiger partial charge in [0.15, 0.2) is 5.69 Å². The molecule has 4 aromatic rings. The maximum absolute atomic E-state index is 12.4. The van der Waals surface area contributed by atoms with E-state index in [-0.39, 0.29) is 29.4 Å². The van der Waals surface area contributed by atoms with Gasteiger partial charge in [0.05, 0.1) is 12.1 Å². The molecule has 0 bridgehead atoms. The second-order valence-corrected chi connectivity index (χ2v) is 9.36. The van der Waals surface area contributed by atoms with Crippen LogP contribution in [0.15, 0.2) is 89.1 Å². The van der Waals surface area contributed by atoms with E-state index >= 15 is 0 Å².